The standard InChI is InChI=1S/C30H25N3O5/c1-18-13-19(15-20-7-6-12-37-20)29-22(14-18)28(21-8-2-3-9-23(21)32-29)30(36)38-17-27(35)33-16-26(34)31-24-10-4-5-11-25(24)33/h2-12,15,18H,13-14,16-17H2,1H3,(H,31,34)/b19-15+/t18-/m0/s1. The van der Waals surface area contributed by atoms with E-state index in [9.17, 15) is 14.4 Å². The summed E-state index contributed by atoms with van der Waals surface area (Å²) in [6.45, 7) is 1.50. The van der Waals surface area contributed by atoms with E-state index in [-0.39, 0.29) is 18.4 Å². The van der Waals surface area contributed by atoms with E-state index in [4.69, 9.17) is 14.1 Å². The molecule has 4 aromatic rings. The number of fused-ring (bicyclic) bond motifs is 3. The average Bonchev–Trinajstić information content (AvgIpc) is 3.43. The Morgan fingerprint density at radius 2 is 1.92 bits per heavy atom. The number of ether oxygens (including phenoxy) is 1. The minimum atomic E-state index is -0.589. The number of carbonyl (C=O) groups is 3. The van der Waals surface area contributed by atoms with Gasteiger partial charge in [0.05, 0.1) is 34.4 Å². The van der Waals surface area contributed by atoms with E-state index in [1.807, 2.05) is 42.5 Å². The fourth-order valence-electron chi connectivity index (χ4n) is 5.25. The molecule has 2 aromatic heterocycles. The number of amides is 2. The Morgan fingerprint density at radius 1 is 1.11 bits per heavy atom. The highest BCUT2D eigenvalue weighted by Crippen LogP contribution is 2.39. The Labute approximate surface area is 218 Å². The summed E-state index contributed by atoms with van der Waals surface area (Å²) < 4.78 is 11.2. The number of nitrogens with one attached hydrogen (secondary N) is 1. The highest BCUT2D eigenvalue weighted by molar-refractivity contribution is 6.11. The van der Waals surface area contributed by atoms with Crippen LogP contribution in [0.15, 0.2) is 71.3 Å². The molecule has 1 N–H and O–H groups in total. The lowest BCUT2D eigenvalue weighted by molar-refractivity contribution is -0.124. The molecular weight excluding hydrogens is 482 g/mol. The van der Waals surface area contributed by atoms with Gasteiger partial charge in [0.2, 0.25) is 5.91 Å². The number of benzene rings is 2. The van der Waals surface area contributed by atoms with Crippen molar-refractivity contribution in [3.05, 3.63) is 89.5 Å². The van der Waals surface area contributed by atoms with Crippen molar-refractivity contribution >= 4 is 51.7 Å². The van der Waals surface area contributed by atoms with Gasteiger partial charge in [-0.15, -0.1) is 0 Å². The maximum absolute atomic E-state index is 13.6. The van der Waals surface area contributed by atoms with Gasteiger partial charge in [0.15, 0.2) is 6.61 Å². The highest BCUT2D eigenvalue weighted by atomic mass is 16.5. The molecule has 1 aliphatic heterocycles. The van der Waals surface area contributed by atoms with Crippen LogP contribution in [0.5, 0.6) is 0 Å². The summed E-state index contributed by atoms with van der Waals surface area (Å²) in [5.74, 6) is -0.379. The summed E-state index contributed by atoms with van der Waals surface area (Å²) in [7, 11) is 0. The summed E-state index contributed by atoms with van der Waals surface area (Å²) in [6.07, 6.45) is 5.04. The van der Waals surface area contributed by atoms with Crippen molar-refractivity contribution in [3.8, 4) is 0 Å². The molecule has 38 heavy (non-hydrogen) atoms. The van der Waals surface area contributed by atoms with Gasteiger partial charge in [0.1, 0.15) is 12.3 Å². The number of anilines is 2. The van der Waals surface area contributed by atoms with Crippen LogP contribution < -0.4 is 10.2 Å². The fourth-order valence-corrected chi connectivity index (χ4v) is 5.25. The van der Waals surface area contributed by atoms with E-state index in [1.54, 1.807) is 30.5 Å². The molecule has 0 saturated carbocycles. The van der Waals surface area contributed by atoms with Crippen LogP contribution in [0.25, 0.3) is 22.6 Å². The maximum atomic E-state index is 13.6. The number of rotatable bonds is 4. The lowest BCUT2D eigenvalue weighted by Gasteiger charge is -2.29. The fraction of sp³-hybridized carbons (Fsp3) is 0.200. The van der Waals surface area contributed by atoms with E-state index in [0.29, 0.717) is 34.3 Å². The lowest BCUT2D eigenvalue weighted by atomic mass is 9.81. The molecule has 0 saturated heterocycles. The molecule has 2 amide bonds. The first-order valence-electron chi connectivity index (χ1n) is 12.5. The summed E-state index contributed by atoms with van der Waals surface area (Å²) in [5.41, 5.74) is 4.75. The SMILES string of the molecule is C[C@H]1C/C(=C\c2ccco2)c2nc3ccccc3c(C(=O)OCC(=O)N3CC(=O)Nc4ccccc43)c2C1. The summed E-state index contributed by atoms with van der Waals surface area (Å²) in [5, 5.41) is 3.43. The molecule has 1 atom stereocenters. The van der Waals surface area contributed by atoms with Crippen molar-refractivity contribution in [3.63, 3.8) is 0 Å². The van der Waals surface area contributed by atoms with Crippen molar-refractivity contribution in [1.82, 2.24) is 4.98 Å². The van der Waals surface area contributed by atoms with Gasteiger partial charge in [-0.05, 0) is 66.3 Å². The number of furan rings is 1. The lowest BCUT2D eigenvalue weighted by Crippen LogP contribution is -2.44. The Balaban J connectivity index is 1.34. The molecule has 8 nitrogen and oxygen atoms in total. The molecule has 8 heteroatoms. The normalized spacial score (nSPS) is 17.6. The van der Waals surface area contributed by atoms with Crippen LogP contribution in [0.3, 0.4) is 0 Å². The summed E-state index contributed by atoms with van der Waals surface area (Å²) in [6, 6.07) is 18.2. The van der Waals surface area contributed by atoms with E-state index in [2.05, 4.69) is 12.2 Å². The monoisotopic (exact) mass is 507 g/mol. The molecule has 3 heterocycles. The number of nitrogens with zero attached hydrogens (tertiary/aromatic N) is 2. The number of hydrogen-bond acceptors (Lipinski definition) is 6. The minimum Gasteiger partial charge on any atom is -0.465 e. The zero-order chi connectivity index (χ0) is 26.2. The van der Waals surface area contributed by atoms with Crippen molar-refractivity contribution in [2.24, 2.45) is 5.92 Å². The molecule has 6 rings (SSSR count). The predicted octanol–water partition coefficient (Wildman–Crippen LogP) is 5.09. The third-order valence-electron chi connectivity index (χ3n) is 6.88. The number of esters is 1. The van der Waals surface area contributed by atoms with Gasteiger partial charge in [-0.1, -0.05) is 37.3 Å². The smallest absolute Gasteiger partial charge is 0.339 e. The number of aromatic nitrogens is 1. The Morgan fingerprint density at radius 3 is 2.76 bits per heavy atom. The first-order chi connectivity index (χ1) is 18.5. The molecule has 190 valence electrons. The van der Waals surface area contributed by atoms with Gasteiger partial charge < -0.3 is 14.5 Å². The number of pyridine rings is 1. The van der Waals surface area contributed by atoms with Gasteiger partial charge >= 0.3 is 5.97 Å². The molecule has 0 bridgehead atoms. The maximum Gasteiger partial charge on any atom is 0.339 e. The molecule has 0 unspecified atom stereocenters. The van der Waals surface area contributed by atoms with Crippen LogP contribution in [0.2, 0.25) is 0 Å². The van der Waals surface area contributed by atoms with Crippen LogP contribution in [-0.4, -0.2) is 35.9 Å². The summed E-state index contributed by atoms with van der Waals surface area (Å²) in [4.78, 5) is 45.1. The predicted molar refractivity (Wildman–Crippen MR) is 144 cm³/mol. The second-order valence-electron chi connectivity index (χ2n) is 9.65. The van der Waals surface area contributed by atoms with Crippen molar-refractivity contribution in [2.75, 3.05) is 23.4 Å². The minimum absolute atomic E-state index is 0.139. The van der Waals surface area contributed by atoms with E-state index < -0.39 is 18.5 Å². The second-order valence-corrected chi connectivity index (χ2v) is 9.65. The first-order valence-corrected chi connectivity index (χ1v) is 12.5. The average molecular weight is 508 g/mol. The van der Waals surface area contributed by atoms with Gasteiger partial charge in [-0.25, -0.2) is 9.78 Å². The highest BCUT2D eigenvalue weighted by Gasteiger charge is 2.31. The molecule has 1 aliphatic carbocycles. The van der Waals surface area contributed by atoms with E-state index in [0.717, 1.165) is 29.0 Å². The van der Waals surface area contributed by atoms with Crippen molar-refractivity contribution in [2.45, 2.75) is 19.8 Å². The first kappa shape index (κ1) is 23.7. The number of hydrogen-bond donors (Lipinski definition) is 1. The molecule has 2 aliphatic rings. The molecule has 2 aromatic carbocycles. The van der Waals surface area contributed by atoms with Crippen molar-refractivity contribution < 1.29 is 23.5 Å². The van der Waals surface area contributed by atoms with Gasteiger partial charge in [-0.2, -0.15) is 0 Å². The van der Waals surface area contributed by atoms with Crippen molar-refractivity contribution in [1.29, 1.82) is 0 Å². The number of para-hydroxylation sites is 3. The van der Waals surface area contributed by atoms with Crippen LogP contribution in [0.1, 0.15) is 40.7 Å². The molecule has 0 fully saturated rings. The zero-order valence-electron chi connectivity index (χ0n) is 20.8. The van der Waals surface area contributed by atoms with Crippen LogP contribution in [0.4, 0.5) is 11.4 Å². The molecular formula is C30H25N3O5. The topological polar surface area (TPSA) is 102 Å². The molecule has 0 radical (unpaired) electrons. The van der Waals surface area contributed by atoms with Gasteiger partial charge in [-0.3, -0.25) is 14.5 Å². The van der Waals surface area contributed by atoms with Crippen LogP contribution >= 0.6 is 0 Å². The third-order valence-corrected chi connectivity index (χ3v) is 6.88. The second kappa shape index (κ2) is 9.63. The van der Waals surface area contributed by atoms with Gasteiger partial charge in [0.25, 0.3) is 5.91 Å². The molecule has 0 spiro atoms. The Bertz CT molecular complexity index is 1610. The quantitative estimate of drug-likeness (QED) is 0.386. The van der Waals surface area contributed by atoms with Gasteiger partial charge in [0, 0.05) is 5.39 Å². The van der Waals surface area contributed by atoms with E-state index >= 15 is 0 Å². The number of allylic oxidation sites excluding steroid dienone is 1. The third kappa shape index (κ3) is 4.34. The Hall–Kier alpha value is -4.72. The Kier molecular flexibility index (Phi) is 5.99. The van der Waals surface area contributed by atoms with Crippen LogP contribution in [0, 0.1) is 5.92 Å². The number of carbonyl (C=O) groups excluding carboxylic acids is 3. The zero-order valence-corrected chi connectivity index (χ0v) is 20.8. The largest absolute Gasteiger partial charge is 0.465 e. The van der Waals surface area contributed by atoms with Crippen LogP contribution in [-0.2, 0) is 20.7 Å². The van der Waals surface area contributed by atoms with E-state index in [1.165, 1.54) is 4.90 Å². The summed E-state index contributed by atoms with van der Waals surface area (Å²) >= 11 is 0.